The molecule has 0 amide bonds. The molecule has 0 bridgehead atoms. The zero-order valence-corrected chi connectivity index (χ0v) is 16.9. The smallest absolute Gasteiger partial charge is 0.319 e. The summed E-state index contributed by atoms with van der Waals surface area (Å²) in [6.45, 7) is -1.92. The molecule has 2 heterocycles. The topological polar surface area (TPSA) is 74.1 Å². The van der Waals surface area contributed by atoms with Crippen molar-refractivity contribution in [3.63, 3.8) is 0 Å². The number of imidazole rings is 1. The third kappa shape index (κ3) is 5.10. The Labute approximate surface area is 169 Å². The summed E-state index contributed by atoms with van der Waals surface area (Å²) < 4.78 is 37.7. The van der Waals surface area contributed by atoms with Crippen LogP contribution in [-0.2, 0) is 12.2 Å². The Morgan fingerprint density at radius 1 is 1.21 bits per heavy atom. The Hall–Kier alpha value is -2.40. The van der Waals surface area contributed by atoms with Gasteiger partial charge in [0.2, 0.25) is 5.13 Å². The van der Waals surface area contributed by atoms with E-state index in [9.17, 15) is 8.78 Å². The second-order valence-electron chi connectivity index (χ2n) is 5.56. The second kappa shape index (κ2) is 9.69. The summed E-state index contributed by atoms with van der Waals surface area (Å²) in [6.07, 6.45) is 3.40. The Balaban J connectivity index is 1.49. The van der Waals surface area contributed by atoms with E-state index in [4.69, 9.17) is 9.47 Å². The number of hydrogen-bond acceptors (Lipinski definition) is 8. The van der Waals surface area contributed by atoms with E-state index in [1.165, 1.54) is 35.5 Å². The van der Waals surface area contributed by atoms with Crippen molar-refractivity contribution in [1.29, 1.82) is 0 Å². The fraction of sp³-hybridized carbons (Fsp3) is 0.353. The minimum atomic E-state index is -2.60. The van der Waals surface area contributed by atoms with Gasteiger partial charge in [0.15, 0.2) is 15.8 Å². The lowest BCUT2D eigenvalue weighted by atomic mass is 10.1. The number of nitrogens with one attached hydrogen (secondary N) is 1. The summed E-state index contributed by atoms with van der Waals surface area (Å²) >= 11 is 2.71. The molecule has 3 rings (SSSR count). The van der Waals surface area contributed by atoms with E-state index in [2.05, 4.69) is 20.5 Å². The molecule has 150 valence electrons. The second-order valence-corrected chi connectivity index (χ2v) is 7.76. The van der Waals surface area contributed by atoms with Gasteiger partial charge in [-0.3, -0.25) is 4.57 Å². The van der Waals surface area contributed by atoms with E-state index in [1.807, 2.05) is 18.2 Å². The van der Waals surface area contributed by atoms with E-state index in [-0.39, 0.29) is 0 Å². The van der Waals surface area contributed by atoms with Gasteiger partial charge in [-0.1, -0.05) is 29.2 Å². The molecule has 0 saturated carbocycles. The number of benzene rings is 1. The number of hydrogen-bond donors (Lipinski definition) is 1. The fourth-order valence-electron chi connectivity index (χ4n) is 2.45. The van der Waals surface area contributed by atoms with E-state index in [0.29, 0.717) is 39.1 Å². The average Bonchev–Trinajstić information content (AvgIpc) is 3.35. The van der Waals surface area contributed by atoms with Crippen LogP contribution in [0.1, 0.15) is 17.9 Å². The molecule has 0 fully saturated rings. The van der Waals surface area contributed by atoms with Gasteiger partial charge >= 0.3 is 6.55 Å². The van der Waals surface area contributed by atoms with Gasteiger partial charge in [0.1, 0.15) is 5.82 Å². The third-order valence-corrected chi connectivity index (χ3v) is 5.84. The van der Waals surface area contributed by atoms with Crippen LogP contribution in [0, 0.1) is 0 Å². The van der Waals surface area contributed by atoms with Crippen molar-refractivity contribution < 1.29 is 18.3 Å². The molecule has 7 nitrogen and oxygen atoms in total. The van der Waals surface area contributed by atoms with Crippen LogP contribution in [-0.4, -0.2) is 40.5 Å². The van der Waals surface area contributed by atoms with Crippen LogP contribution in [0.15, 0.2) is 34.9 Å². The maximum Gasteiger partial charge on any atom is 0.319 e. The zero-order chi connectivity index (χ0) is 19.9. The molecule has 0 saturated heterocycles. The summed E-state index contributed by atoms with van der Waals surface area (Å²) in [5, 5.41) is 12.1. The molecule has 28 heavy (non-hydrogen) atoms. The van der Waals surface area contributed by atoms with Crippen LogP contribution in [0.2, 0.25) is 0 Å². The van der Waals surface area contributed by atoms with Gasteiger partial charge in [0.25, 0.3) is 0 Å². The largest absolute Gasteiger partial charge is 0.493 e. The molecule has 0 radical (unpaired) electrons. The number of ether oxygens (including phenoxy) is 2. The van der Waals surface area contributed by atoms with E-state index < -0.39 is 6.55 Å². The number of rotatable bonds is 10. The third-order valence-electron chi connectivity index (χ3n) is 3.83. The maximum absolute atomic E-state index is 12.8. The first-order valence-electron chi connectivity index (χ1n) is 8.31. The highest BCUT2D eigenvalue weighted by Gasteiger charge is 2.13. The van der Waals surface area contributed by atoms with Crippen molar-refractivity contribution in [2.24, 2.45) is 0 Å². The zero-order valence-electron chi connectivity index (χ0n) is 15.3. The molecule has 3 aromatic rings. The first kappa shape index (κ1) is 20.3. The van der Waals surface area contributed by atoms with Crippen molar-refractivity contribution in [3.8, 4) is 11.5 Å². The van der Waals surface area contributed by atoms with Gasteiger partial charge < -0.3 is 14.8 Å². The standard InChI is InChI=1S/C17H19F2N5O2S2/c1-25-12-4-3-11(9-13(12)26-2)5-6-21-16-22-23-17(28-16)27-10-14-20-7-8-24(14)15(18)19/h3-4,7-9,15H,5-6,10H2,1-2H3,(H,21,22). The molecule has 2 aromatic heterocycles. The molecular formula is C17H19F2N5O2S2. The molecule has 1 aromatic carbocycles. The Morgan fingerprint density at radius 2 is 2.04 bits per heavy atom. The van der Waals surface area contributed by atoms with Gasteiger partial charge in [-0.05, 0) is 24.1 Å². The monoisotopic (exact) mass is 427 g/mol. The predicted octanol–water partition coefficient (Wildman–Crippen LogP) is 4.09. The number of anilines is 1. The lowest BCUT2D eigenvalue weighted by molar-refractivity contribution is 0.0678. The van der Waals surface area contributed by atoms with Gasteiger partial charge in [-0.15, -0.1) is 10.2 Å². The normalized spacial score (nSPS) is 11.0. The summed E-state index contributed by atoms with van der Waals surface area (Å²) in [6, 6.07) is 5.79. The molecular weight excluding hydrogens is 408 g/mol. The van der Waals surface area contributed by atoms with Gasteiger partial charge in [-0.25, -0.2) is 4.98 Å². The molecule has 0 spiro atoms. The van der Waals surface area contributed by atoms with Crippen LogP contribution < -0.4 is 14.8 Å². The summed E-state index contributed by atoms with van der Waals surface area (Å²) in [7, 11) is 3.21. The van der Waals surface area contributed by atoms with Gasteiger partial charge in [0, 0.05) is 18.9 Å². The van der Waals surface area contributed by atoms with Crippen molar-refractivity contribution in [1.82, 2.24) is 19.7 Å². The molecule has 0 aliphatic rings. The number of nitrogens with zero attached hydrogens (tertiary/aromatic N) is 4. The highest BCUT2D eigenvalue weighted by Crippen LogP contribution is 2.30. The van der Waals surface area contributed by atoms with Gasteiger partial charge in [-0.2, -0.15) is 8.78 Å². The van der Waals surface area contributed by atoms with E-state index in [0.717, 1.165) is 16.6 Å². The minimum absolute atomic E-state index is 0.303. The van der Waals surface area contributed by atoms with Crippen LogP contribution in [0.3, 0.4) is 0 Å². The number of halogens is 2. The number of aromatic nitrogens is 4. The lowest BCUT2D eigenvalue weighted by Crippen LogP contribution is -2.04. The summed E-state index contributed by atoms with van der Waals surface area (Å²) in [5.41, 5.74) is 1.10. The average molecular weight is 428 g/mol. The molecule has 0 unspecified atom stereocenters. The molecule has 0 aliphatic carbocycles. The highest BCUT2D eigenvalue weighted by atomic mass is 32.2. The van der Waals surface area contributed by atoms with E-state index >= 15 is 0 Å². The summed E-state index contributed by atoms with van der Waals surface area (Å²) in [4.78, 5) is 3.95. The van der Waals surface area contributed by atoms with Crippen molar-refractivity contribution in [2.45, 2.75) is 23.1 Å². The number of thioether (sulfide) groups is 1. The molecule has 0 aliphatic heterocycles. The number of methoxy groups -OCH3 is 2. The molecule has 1 N–H and O–H groups in total. The summed E-state index contributed by atoms with van der Waals surface area (Å²) in [5.74, 6) is 1.99. The SMILES string of the molecule is COc1ccc(CCNc2nnc(SCc3nccn3C(F)F)s2)cc1OC. The highest BCUT2D eigenvalue weighted by molar-refractivity contribution is 8.00. The van der Waals surface area contributed by atoms with Crippen LogP contribution >= 0.6 is 23.1 Å². The molecule has 0 atom stereocenters. The Kier molecular flexibility index (Phi) is 7.04. The fourth-order valence-corrected chi connectivity index (χ4v) is 4.18. The van der Waals surface area contributed by atoms with Crippen molar-refractivity contribution in [2.75, 3.05) is 26.1 Å². The van der Waals surface area contributed by atoms with E-state index in [1.54, 1.807) is 14.2 Å². The van der Waals surface area contributed by atoms with Crippen LogP contribution in [0.5, 0.6) is 11.5 Å². The Bertz CT molecular complexity index is 903. The lowest BCUT2D eigenvalue weighted by Gasteiger charge is -2.09. The van der Waals surface area contributed by atoms with Crippen LogP contribution in [0.25, 0.3) is 0 Å². The number of alkyl halides is 2. The first-order chi connectivity index (χ1) is 13.6. The van der Waals surface area contributed by atoms with Crippen molar-refractivity contribution >= 4 is 28.2 Å². The minimum Gasteiger partial charge on any atom is -0.493 e. The maximum atomic E-state index is 12.8. The quantitative estimate of drug-likeness (QED) is 0.489. The predicted molar refractivity (Wildman–Crippen MR) is 105 cm³/mol. The van der Waals surface area contributed by atoms with Crippen LogP contribution in [0.4, 0.5) is 13.9 Å². The molecule has 11 heteroatoms. The van der Waals surface area contributed by atoms with Crippen molar-refractivity contribution in [3.05, 3.63) is 42.0 Å². The van der Waals surface area contributed by atoms with Gasteiger partial charge in [0.05, 0.1) is 20.0 Å². The Morgan fingerprint density at radius 3 is 2.79 bits per heavy atom. The first-order valence-corrected chi connectivity index (χ1v) is 10.1.